The SMILES string of the molecule is Cc1cccc(OCCCNS(=O)(=O)c2cc(C)ccc2C)c1. The zero-order valence-corrected chi connectivity index (χ0v) is 14.6. The van der Waals surface area contributed by atoms with Crippen LogP contribution in [0.3, 0.4) is 0 Å². The van der Waals surface area contributed by atoms with E-state index in [2.05, 4.69) is 4.72 Å². The first-order valence-corrected chi connectivity index (χ1v) is 9.13. The van der Waals surface area contributed by atoms with Crippen molar-refractivity contribution in [1.82, 2.24) is 4.72 Å². The Morgan fingerprint density at radius 3 is 2.48 bits per heavy atom. The summed E-state index contributed by atoms with van der Waals surface area (Å²) in [5, 5.41) is 0. The quantitative estimate of drug-likeness (QED) is 0.791. The maximum absolute atomic E-state index is 12.3. The Kier molecular flexibility index (Phi) is 5.80. The van der Waals surface area contributed by atoms with Gasteiger partial charge in [0.05, 0.1) is 11.5 Å². The van der Waals surface area contributed by atoms with Gasteiger partial charge in [-0.15, -0.1) is 0 Å². The molecule has 2 aromatic carbocycles. The van der Waals surface area contributed by atoms with Crippen molar-refractivity contribution < 1.29 is 13.2 Å². The van der Waals surface area contributed by atoms with Gasteiger partial charge >= 0.3 is 0 Å². The van der Waals surface area contributed by atoms with Crippen LogP contribution >= 0.6 is 0 Å². The first-order chi connectivity index (χ1) is 10.9. The second kappa shape index (κ2) is 7.62. The first kappa shape index (κ1) is 17.5. The van der Waals surface area contributed by atoms with E-state index in [1.54, 1.807) is 13.0 Å². The normalized spacial score (nSPS) is 11.4. The van der Waals surface area contributed by atoms with E-state index in [1.807, 2.05) is 50.2 Å². The fourth-order valence-electron chi connectivity index (χ4n) is 2.25. The Hall–Kier alpha value is -1.85. The van der Waals surface area contributed by atoms with E-state index in [1.165, 1.54) is 0 Å². The van der Waals surface area contributed by atoms with Crippen molar-refractivity contribution in [3.63, 3.8) is 0 Å². The van der Waals surface area contributed by atoms with E-state index in [-0.39, 0.29) is 0 Å². The molecule has 5 heteroatoms. The lowest BCUT2D eigenvalue weighted by Gasteiger charge is -2.11. The standard InChI is InChI=1S/C18H23NO3S/c1-14-6-4-7-17(12-14)22-11-5-10-19-23(20,21)18-13-15(2)8-9-16(18)3/h4,6-9,12-13,19H,5,10-11H2,1-3H3. The minimum absolute atomic E-state index is 0.345. The van der Waals surface area contributed by atoms with Crippen LogP contribution in [0.15, 0.2) is 47.4 Å². The fourth-order valence-corrected chi connectivity index (χ4v) is 3.65. The summed E-state index contributed by atoms with van der Waals surface area (Å²) in [6.45, 7) is 6.51. The first-order valence-electron chi connectivity index (χ1n) is 7.65. The zero-order valence-electron chi connectivity index (χ0n) is 13.8. The van der Waals surface area contributed by atoms with Crippen molar-refractivity contribution in [1.29, 1.82) is 0 Å². The van der Waals surface area contributed by atoms with E-state index in [4.69, 9.17) is 4.74 Å². The molecule has 0 fully saturated rings. The fraction of sp³-hybridized carbons (Fsp3) is 0.333. The molecule has 0 atom stereocenters. The predicted octanol–water partition coefficient (Wildman–Crippen LogP) is 3.36. The molecule has 0 spiro atoms. The minimum atomic E-state index is -3.47. The molecule has 0 aliphatic heterocycles. The van der Waals surface area contributed by atoms with E-state index < -0.39 is 10.0 Å². The van der Waals surface area contributed by atoms with Crippen molar-refractivity contribution >= 4 is 10.0 Å². The molecule has 0 aliphatic carbocycles. The van der Waals surface area contributed by atoms with E-state index in [0.29, 0.717) is 24.5 Å². The van der Waals surface area contributed by atoms with Crippen LogP contribution in [-0.2, 0) is 10.0 Å². The Labute approximate surface area is 138 Å². The van der Waals surface area contributed by atoms with Crippen LogP contribution in [0.5, 0.6) is 5.75 Å². The number of sulfonamides is 1. The van der Waals surface area contributed by atoms with Gasteiger partial charge in [0.1, 0.15) is 5.75 Å². The van der Waals surface area contributed by atoms with Gasteiger partial charge < -0.3 is 4.74 Å². The number of hydrogen-bond donors (Lipinski definition) is 1. The predicted molar refractivity (Wildman–Crippen MR) is 92.4 cm³/mol. The molecular formula is C18H23NO3S. The van der Waals surface area contributed by atoms with Gasteiger partial charge in [-0.3, -0.25) is 0 Å². The number of hydrogen-bond acceptors (Lipinski definition) is 3. The highest BCUT2D eigenvalue weighted by Crippen LogP contribution is 2.16. The third kappa shape index (κ3) is 5.08. The molecule has 2 aromatic rings. The summed E-state index contributed by atoms with van der Waals surface area (Å²) in [5.74, 6) is 0.808. The molecule has 4 nitrogen and oxygen atoms in total. The van der Waals surface area contributed by atoms with Crippen molar-refractivity contribution in [3.05, 3.63) is 59.2 Å². The van der Waals surface area contributed by atoms with E-state index >= 15 is 0 Å². The van der Waals surface area contributed by atoms with Crippen LogP contribution in [0.2, 0.25) is 0 Å². The second-order valence-corrected chi connectivity index (χ2v) is 7.42. The molecule has 23 heavy (non-hydrogen) atoms. The average molecular weight is 333 g/mol. The highest BCUT2D eigenvalue weighted by atomic mass is 32.2. The highest BCUT2D eigenvalue weighted by molar-refractivity contribution is 7.89. The maximum Gasteiger partial charge on any atom is 0.240 e. The van der Waals surface area contributed by atoms with Gasteiger partial charge in [0.15, 0.2) is 0 Å². The monoisotopic (exact) mass is 333 g/mol. The van der Waals surface area contributed by atoms with Crippen LogP contribution < -0.4 is 9.46 Å². The van der Waals surface area contributed by atoms with Crippen molar-refractivity contribution in [3.8, 4) is 5.75 Å². The molecular weight excluding hydrogens is 310 g/mol. The number of benzene rings is 2. The molecule has 0 aromatic heterocycles. The molecule has 0 saturated heterocycles. The van der Waals surface area contributed by atoms with Gasteiger partial charge in [-0.2, -0.15) is 0 Å². The van der Waals surface area contributed by atoms with Crippen LogP contribution in [-0.4, -0.2) is 21.6 Å². The van der Waals surface area contributed by atoms with E-state index in [0.717, 1.165) is 22.4 Å². The Bertz CT molecular complexity index is 770. The van der Waals surface area contributed by atoms with Crippen LogP contribution in [0, 0.1) is 20.8 Å². The number of rotatable bonds is 7. The van der Waals surface area contributed by atoms with Crippen LogP contribution in [0.1, 0.15) is 23.1 Å². The average Bonchev–Trinajstić information content (AvgIpc) is 2.49. The molecule has 0 aliphatic rings. The van der Waals surface area contributed by atoms with Gasteiger partial charge in [-0.25, -0.2) is 13.1 Å². The zero-order chi connectivity index (χ0) is 16.9. The second-order valence-electron chi connectivity index (χ2n) is 5.69. The molecule has 124 valence electrons. The van der Waals surface area contributed by atoms with Crippen molar-refractivity contribution in [2.75, 3.05) is 13.2 Å². The number of nitrogens with one attached hydrogen (secondary N) is 1. The summed E-state index contributed by atoms with van der Waals surface area (Å²) in [6, 6.07) is 13.2. The molecule has 0 radical (unpaired) electrons. The summed E-state index contributed by atoms with van der Waals surface area (Å²) in [5.41, 5.74) is 2.82. The largest absolute Gasteiger partial charge is 0.494 e. The third-order valence-corrected chi connectivity index (χ3v) is 5.11. The summed E-state index contributed by atoms with van der Waals surface area (Å²) in [7, 11) is -3.47. The Morgan fingerprint density at radius 1 is 1.00 bits per heavy atom. The summed E-state index contributed by atoms with van der Waals surface area (Å²) in [6.07, 6.45) is 0.609. The molecule has 0 bridgehead atoms. The van der Waals surface area contributed by atoms with Crippen molar-refractivity contribution in [2.24, 2.45) is 0 Å². The van der Waals surface area contributed by atoms with Crippen LogP contribution in [0.4, 0.5) is 0 Å². The highest BCUT2D eigenvalue weighted by Gasteiger charge is 2.16. The molecule has 0 heterocycles. The molecule has 0 unspecified atom stereocenters. The van der Waals surface area contributed by atoms with Gasteiger partial charge in [0, 0.05) is 6.54 Å². The molecule has 0 amide bonds. The lowest BCUT2D eigenvalue weighted by molar-refractivity contribution is 0.311. The molecule has 2 rings (SSSR count). The Morgan fingerprint density at radius 2 is 1.74 bits per heavy atom. The maximum atomic E-state index is 12.3. The topological polar surface area (TPSA) is 55.4 Å². The van der Waals surface area contributed by atoms with Gasteiger partial charge in [-0.05, 0) is 62.1 Å². The lowest BCUT2D eigenvalue weighted by Crippen LogP contribution is -2.26. The third-order valence-electron chi connectivity index (χ3n) is 3.50. The van der Waals surface area contributed by atoms with Crippen molar-refractivity contribution in [2.45, 2.75) is 32.1 Å². The lowest BCUT2D eigenvalue weighted by atomic mass is 10.2. The van der Waals surface area contributed by atoms with Gasteiger partial charge in [0.25, 0.3) is 0 Å². The van der Waals surface area contributed by atoms with Gasteiger partial charge in [0.2, 0.25) is 10.0 Å². The molecule has 0 saturated carbocycles. The summed E-state index contributed by atoms with van der Waals surface area (Å²) in [4.78, 5) is 0.345. The number of aryl methyl sites for hydroxylation is 3. The summed E-state index contributed by atoms with van der Waals surface area (Å²) < 4.78 is 32.9. The summed E-state index contributed by atoms with van der Waals surface area (Å²) >= 11 is 0. The van der Waals surface area contributed by atoms with E-state index in [9.17, 15) is 8.42 Å². The Balaban J connectivity index is 1.84. The number of ether oxygens (including phenoxy) is 1. The smallest absolute Gasteiger partial charge is 0.240 e. The minimum Gasteiger partial charge on any atom is -0.494 e. The van der Waals surface area contributed by atoms with Gasteiger partial charge in [-0.1, -0.05) is 24.3 Å². The van der Waals surface area contributed by atoms with Crippen LogP contribution in [0.25, 0.3) is 0 Å². The molecule has 1 N–H and O–H groups in total.